The molecule has 216 valence electrons. The van der Waals surface area contributed by atoms with Gasteiger partial charge in [0.1, 0.15) is 18.5 Å². The number of nitrogens with one attached hydrogen (secondary N) is 2. The van der Waals surface area contributed by atoms with Crippen LogP contribution >= 0.6 is 0 Å². The summed E-state index contributed by atoms with van der Waals surface area (Å²) in [4.78, 5) is 15.5. The largest absolute Gasteiger partial charge is 0.474 e. The number of aliphatic hydroxyl groups excluding tert-OH is 1. The summed E-state index contributed by atoms with van der Waals surface area (Å²) < 4.78 is 45.1. The van der Waals surface area contributed by atoms with Crippen molar-refractivity contribution in [2.75, 3.05) is 59.0 Å². The van der Waals surface area contributed by atoms with E-state index in [0.29, 0.717) is 48.9 Å². The van der Waals surface area contributed by atoms with Gasteiger partial charge >= 0.3 is 6.03 Å². The molecule has 10 nitrogen and oxygen atoms in total. The number of hydrogen-bond donors (Lipinski definition) is 3. The molecule has 0 unspecified atom stereocenters. The van der Waals surface area contributed by atoms with E-state index >= 15 is 0 Å². The van der Waals surface area contributed by atoms with E-state index in [0.717, 1.165) is 6.07 Å². The lowest BCUT2D eigenvalue weighted by atomic mass is 9.94. The summed E-state index contributed by atoms with van der Waals surface area (Å²) in [5.41, 5.74) is 1.85. The molecule has 40 heavy (non-hydrogen) atoms. The second kappa shape index (κ2) is 13.7. The third-order valence-corrected chi connectivity index (χ3v) is 6.78. The Bertz CT molecular complexity index is 1280. The SMILES string of the molecule is COCCN1C[C@@H](NC(=O)Nc2c(C)c(OC[C@H](O)COC)nn2-c2ccccc2)[C@H](c2ccc(F)c(F)c2)C1. The Kier molecular flexibility index (Phi) is 10.0. The van der Waals surface area contributed by atoms with Crippen molar-refractivity contribution in [3.05, 3.63) is 71.3 Å². The average Bonchev–Trinajstić information content (AvgIpc) is 3.48. The number of carbonyl (C=O) groups is 1. The number of para-hydroxylation sites is 1. The molecule has 3 N–H and O–H groups in total. The maximum atomic E-state index is 14.1. The predicted molar refractivity (Wildman–Crippen MR) is 145 cm³/mol. The van der Waals surface area contributed by atoms with Gasteiger partial charge in [0.25, 0.3) is 0 Å². The fraction of sp³-hybridized carbons (Fsp3) is 0.429. The van der Waals surface area contributed by atoms with Crippen molar-refractivity contribution < 1.29 is 32.9 Å². The molecule has 0 bridgehead atoms. The lowest BCUT2D eigenvalue weighted by Gasteiger charge is -2.21. The first-order valence-corrected chi connectivity index (χ1v) is 13.0. The lowest BCUT2D eigenvalue weighted by Crippen LogP contribution is -2.42. The van der Waals surface area contributed by atoms with Crippen LogP contribution in [-0.2, 0) is 9.47 Å². The second-order valence-electron chi connectivity index (χ2n) is 9.68. The molecule has 1 saturated heterocycles. The van der Waals surface area contributed by atoms with Gasteiger partial charge in [-0.05, 0) is 36.8 Å². The number of halogens is 2. The molecule has 3 aromatic rings. The first kappa shape index (κ1) is 29.4. The van der Waals surface area contributed by atoms with E-state index in [1.54, 1.807) is 24.8 Å². The van der Waals surface area contributed by atoms with Gasteiger partial charge in [-0.2, -0.15) is 0 Å². The van der Waals surface area contributed by atoms with E-state index in [9.17, 15) is 18.7 Å². The summed E-state index contributed by atoms with van der Waals surface area (Å²) in [5, 5.41) is 20.4. The number of amides is 2. The second-order valence-corrected chi connectivity index (χ2v) is 9.68. The lowest BCUT2D eigenvalue weighted by molar-refractivity contribution is 0.0311. The first-order chi connectivity index (χ1) is 19.3. The summed E-state index contributed by atoms with van der Waals surface area (Å²) in [5.74, 6) is -1.47. The third-order valence-electron chi connectivity index (χ3n) is 6.78. The topological polar surface area (TPSA) is 110 Å². The third kappa shape index (κ3) is 7.13. The highest BCUT2D eigenvalue weighted by Gasteiger charge is 2.35. The molecular formula is C28H35F2N5O5. The minimum Gasteiger partial charge on any atom is -0.474 e. The molecule has 4 rings (SSSR count). The van der Waals surface area contributed by atoms with Gasteiger partial charge in [0.2, 0.25) is 5.88 Å². The number of likely N-dealkylation sites (tertiary alicyclic amines) is 1. The zero-order chi connectivity index (χ0) is 28.6. The van der Waals surface area contributed by atoms with Crippen LogP contribution in [0.15, 0.2) is 48.5 Å². The van der Waals surface area contributed by atoms with Gasteiger partial charge in [-0.25, -0.2) is 18.3 Å². The van der Waals surface area contributed by atoms with Gasteiger partial charge in [-0.15, -0.1) is 5.10 Å². The number of aliphatic hydroxyl groups is 1. The molecule has 1 fully saturated rings. The fourth-order valence-corrected chi connectivity index (χ4v) is 4.76. The minimum absolute atomic E-state index is 0.0403. The number of rotatable bonds is 12. The van der Waals surface area contributed by atoms with Crippen molar-refractivity contribution in [2.24, 2.45) is 0 Å². The predicted octanol–water partition coefficient (Wildman–Crippen LogP) is 3.08. The van der Waals surface area contributed by atoms with Gasteiger partial charge in [-0.1, -0.05) is 24.3 Å². The van der Waals surface area contributed by atoms with E-state index in [1.165, 1.54) is 13.2 Å². The molecule has 0 spiro atoms. The van der Waals surface area contributed by atoms with Crippen molar-refractivity contribution in [2.45, 2.75) is 25.0 Å². The molecule has 1 aliphatic rings. The first-order valence-electron chi connectivity index (χ1n) is 13.0. The van der Waals surface area contributed by atoms with Crippen LogP contribution in [0.25, 0.3) is 5.69 Å². The van der Waals surface area contributed by atoms with Crippen molar-refractivity contribution >= 4 is 11.8 Å². The van der Waals surface area contributed by atoms with Crippen LogP contribution in [0.3, 0.4) is 0 Å². The Hall–Kier alpha value is -3.58. The summed E-state index contributed by atoms with van der Waals surface area (Å²) >= 11 is 0. The number of methoxy groups -OCH3 is 2. The normalized spacial score (nSPS) is 18.1. The van der Waals surface area contributed by atoms with Crippen molar-refractivity contribution in [1.82, 2.24) is 20.0 Å². The van der Waals surface area contributed by atoms with E-state index < -0.39 is 23.8 Å². The zero-order valence-electron chi connectivity index (χ0n) is 22.8. The quantitative estimate of drug-likeness (QED) is 0.313. The number of hydrogen-bond acceptors (Lipinski definition) is 7. The fourth-order valence-electron chi connectivity index (χ4n) is 4.76. The summed E-state index contributed by atoms with van der Waals surface area (Å²) in [6, 6.07) is 12.2. The average molecular weight is 560 g/mol. The molecule has 0 radical (unpaired) electrons. The summed E-state index contributed by atoms with van der Waals surface area (Å²) in [6.45, 7) is 4.00. The highest BCUT2D eigenvalue weighted by Crippen LogP contribution is 2.31. The van der Waals surface area contributed by atoms with Gasteiger partial charge in [0, 0.05) is 39.8 Å². The van der Waals surface area contributed by atoms with Gasteiger partial charge in [0.15, 0.2) is 11.6 Å². The van der Waals surface area contributed by atoms with Crippen LogP contribution in [0.2, 0.25) is 0 Å². The van der Waals surface area contributed by atoms with Crippen molar-refractivity contribution in [1.29, 1.82) is 0 Å². The smallest absolute Gasteiger partial charge is 0.320 e. The van der Waals surface area contributed by atoms with Gasteiger partial charge in [-0.3, -0.25) is 10.2 Å². The van der Waals surface area contributed by atoms with Crippen molar-refractivity contribution in [3.8, 4) is 11.6 Å². The van der Waals surface area contributed by atoms with Crippen molar-refractivity contribution in [3.63, 3.8) is 0 Å². The van der Waals surface area contributed by atoms with Crippen LogP contribution in [0, 0.1) is 18.6 Å². The van der Waals surface area contributed by atoms with E-state index in [1.807, 2.05) is 30.3 Å². The summed E-state index contributed by atoms with van der Waals surface area (Å²) in [6.07, 6.45) is -0.845. The highest BCUT2D eigenvalue weighted by molar-refractivity contribution is 5.90. The van der Waals surface area contributed by atoms with Crippen LogP contribution in [0.1, 0.15) is 17.0 Å². The molecule has 0 saturated carbocycles. The Morgan fingerprint density at radius 2 is 1.88 bits per heavy atom. The summed E-state index contributed by atoms with van der Waals surface area (Å²) in [7, 11) is 3.10. The molecule has 1 aliphatic heterocycles. The number of carbonyl (C=O) groups excluding carboxylic acids is 1. The van der Waals surface area contributed by atoms with Gasteiger partial charge in [0.05, 0.1) is 30.5 Å². The Morgan fingerprint density at radius 3 is 2.58 bits per heavy atom. The van der Waals surface area contributed by atoms with E-state index in [4.69, 9.17) is 14.2 Å². The highest BCUT2D eigenvalue weighted by atomic mass is 19.2. The van der Waals surface area contributed by atoms with Crippen LogP contribution in [0.4, 0.5) is 19.4 Å². The number of urea groups is 1. The number of nitrogens with zero attached hydrogens (tertiary/aromatic N) is 3. The van der Waals surface area contributed by atoms with E-state index in [-0.39, 0.29) is 31.1 Å². The monoisotopic (exact) mass is 559 g/mol. The number of anilines is 1. The molecule has 0 aliphatic carbocycles. The molecule has 2 heterocycles. The van der Waals surface area contributed by atoms with Gasteiger partial charge < -0.3 is 24.6 Å². The molecule has 3 atom stereocenters. The molecule has 12 heteroatoms. The maximum absolute atomic E-state index is 14.1. The molecular weight excluding hydrogens is 524 g/mol. The minimum atomic E-state index is -0.929. The Morgan fingerprint density at radius 1 is 1.10 bits per heavy atom. The Labute approximate surface area is 231 Å². The number of benzene rings is 2. The van der Waals surface area contributed by atoms with Crippen LogP contribution in [-0.4, -0.2) is 91.6 Å². The van der Waals surface area contributed by atoms with E-state index in [2.05, 4.69) is 20.6 Å². The van der Waals surface area contributed by atoms with Crippen LogP contribution < -0.4 is 15.4 Å². The molecule has 2 aromatic carbocycles. The zero-order valence-corrected chi connectivity index (χ0v) is 22.8. The standard InChI is InChI=1S/C28H35F2N5O5/c1-18-26(35(20-7-5-4-6-8-20)33-27(18)40-17-21(36)16-39-3)32-28(37)31-25-15-34(11-12-38-2)14-22(25)19-9-10-23(29)24(30)13-19/h4-10,13,21-22,25,36H,11-12,14-17H2,1-3H3,(H2,31,32,37)/t21-,22+,25-/m1/s1. The molecule has 2 amide bonds. The number of ether oxygens (including phenoxy) is 3. The Balaban J connectivity index is 1.55. The molecule has 1 aromatic heterocycles. The van der Waals surface area contributed by atoms with Crippen LogP contribution in [0.5, 0.6) is 5.88 Å². The maximum Gasteiger partial charge on any atom is 0.320 e. The number of aromatic nitrogens is 2.